The van der Waals surface area contributed by atoms with Gasteiger partial charge in [-0.25, -0.2) is 0 Å². The monoisotopic (exact) mass is 489 g/mol. The van der Waals surface area contributed by atoms with Crippen LogP contribution in [0.2, 0.25) is 0 Å². The molecular weight excluding hydrogens is 462 g/mol. The van der Waals surface area contributed by atoms with Crippen LogP contribution in [0, 0.1) is 0 Å². The van der Waals surface area contributed by atoms with Crippen molar-refractivity contribution in [1.82, 2.24) is 9.88 Å². The second kappa shape index (κ2) is 11.5. The largest absolute Gasteiger partial charge is 0.497 e. The first-order chi connectivity index (χ1) is 17.1. The third-order valence-corrected chi connectivity index (χ3v) is 6.50. The minimum Gasteiger partial charge on any atom is -0.497 e. The van der Waals surface area contributed by atoms with Crippen molar-refractivity contribution in [3.8, 4) is 11.5 Å². The van der Waals surface area contributed by atoms with Gasteiger partial charge in [-0.05, 0) is 42.5 Å². The number of thioether (sulfide) groups is 1. The van der Waals surface area contributed by atoms with Crippen molar-refractivity contribution in [3.05, 3.63) is 84.6 Å². The van der Waals surface area contributed by atoms with Gasteiger partial charge in [-0.1, -0.05) is 24.3 Å². The van der Waals surface area contributed by atoms with Crippen molar-refractivity contribution in [3.63, 3.8) is 0 Å². The zero-order chi connectivity index (χ0) is 24.6. The molecule has 0 saturated heterocycles. The molecule has 0 saturated carbocycles. The summed E-state index contributed by atoms with van der Waals surface area (Å²) in [6.07, 6.45) is 2.04. The topological polar surface area (TPSA) is 81.6 Å². The Morgan fingerprint density at radius 3 is 2.46 bits per heavy atom. The Hall–Kier alpha value is -3.91. The Morgan fingerprint density at radius 1 is 0.914 bits per heavy atom. The lowest BCUT2D eigenvalue weighted by Gasteiger charge is -2.08. The van der Waals surface area contributed by atoms with Gasteiger partial charge >= 0.3 is 0 Å². The zero-order valence-electron chi connectivity index (χ0n) is 19.6. The number of fused-ring (bicyclic) bond motifs is 1. The average Bonchev–Trinajstić information content (AvgIpc) is 3.25. The summed E-state index contributed by atoms with van der Waals surface area (Å²) in [5.41, 5.74) is 2.34. The molecular formula is C27H27N3O4S. The molecule has 1 aromatic heterocycles. The first-order valence-electron chi connectivity index (χ1n) is 11.1. The van der Waals surface area contributed by atoms with Gasteiger partial charge in [-0.2, -0.15) is 0 Å². The molecule has 8 heteroatoms. The van der Waals surface area contributed by atoms with Crippen molar-refractivity contribution in [1.29, 1.82) is 0 Å². The second-order valence-electron chi connectivity index (χ2n) is 7.76. The summed E-state index contributed by atoms with van der Waals surface area (Å²) in [7, 11) is 3.19. The molecule has 0 unspecified atom stereocenters. The van der Waals surface area contributed by atoms with Crippen LogP contribution in [0.5, 0.6) is 11.5 Å². The summed E-state index contributed by atoms with van der Waals surface area (Å²) in [5.74, 6) is 1.46. The molecule has 2 N–H and O–H groups in total. The molecule has 1 heterocycles. The summed E-state index contributed by atoms with van der Waals surface area (Å²) in [5, 5.41) is 6.95. The van der Waals surface area contributed by atoms with Crippen LogP contribution in [-0.4, -0.2) is 42.9 Å². The van der Waals surface area contributed by atoms with Gasteiger partial charge in [0.1, 0.15) is 11.5 Å². The molecule has 2 amide bonds. The van der Waals surface area contributed by atoms with E-state index < -0.39 is 0 Å². The van der Waals surface area contributed by atoms with E-state index in [1.165, 1.54) is 11.8 Å². The fraction of sp³-hybridized carbons (Fsp3) is 0.185. The van der Waals surface area contributed by atoms with Crippen molar-refractivity contribution in [2.75, 3.05) is 31.8 Å². The van der Waals surface area contributed by atoms with Crippen molar-refractivity contribution >= 4 is 40.2 Å². The van der Waals surface area contributed by atoms with Crippen LogP contribution in [0.15, 0.2) is 83.9 Å². The van der Waals surface area contributed by atoms with E-state index in [-0.39, 0.29) is 17.6 Å². The lowest BCUT2D eigenvalue weighted by molar-refractivity contribution is -0.113. The lowest BCUT2D eigenvalue weighted by atomic mass is 10.2. The lowest BCUT2D eigenvalue weighted by Crippen LogP contribution is -2.27. The van der Waals surface area contributed by atoms with Crippen LogP contribution < -0.4 is 20.1 Å². The Balaban J connectivity index is 1.36. The first-order valence-corrected chi connectivity index (χ1v) is 12.1. The number of rotatable bonds is 10. The summed E-state index contributed by atoms with van der Waals surface area (Å²) in [6.45, 7) is 1.09. The van der Waals surface area contributed by atoms with Gasteiger partial charge in [0.25, 0.3) is 5.91 Å². The third kappa shape index (κ3) is 6.16. The number of para-hydroxylation sites is 1. The molecule has 0 bridgehead atoms. The van der Waals surface area contributed by atoms with Gasteiger partial charge in [0.05, 0.1) is 20.0 Å². The van der Waals surface area contributed by atoms with Gasteiger partial charge in [0, 0.05) is 52.4 Å². The predicted octanol–water partition coefficient (Wildman–Crippen LogP) is 4.82. The number of anilines is 1. The van der Waals surface area contributed by atoms with E-state index in [2.05, 4.69) is 15.2 Å². The van der Waals surface area contributed by atoms with E-state index in [9.17, 15) is 9.59 Å². The number of amides is 2. The smallest absolute Gasteiger partial charge is 0.251 e. The van der Waals surface area contributed by atoms with Gasteiger partial charge in [-0.15, -0.1) is 11.8 Å². The summed E-state index contributed by atoms with van der Waals surface area (Å²) in [6, 6.07) is 22.4. The van der Waals surface area contributed by atoms with Crippen LogP contribution in [0.1, 0.15) is 10.4 Å². The van der Waals surface area contributed by atoms with Gasteiger partial charge in [0.2, 0.25) is 5.91 Å². The molecule has 0 fully saturated rings. The Morgan fingerprint density at radius 2 is 1.69 bits per heavy atom. The van der Waals surface area contributed by atoms with Crippen molar-refractivity contribution in [2.45, 2.75) is 11.4 Å². The van der Waals surface area contributed by atoms with Gasteiger partial charge < -0.3 is 24.7 Å². The molecule has 0 aliphatic carbocycles. The van der Waals surface area contributed by atoms with Crippen molar-refractivity contribution < 1.29 is 19.1 Å². The van der Waals surface area contributed by atoms with Crippen LogP contribution in [0.3, 0.4) is 0 Å². The van der Waals surface area contributed by atoms with E-state index in [1.54, 1.807) is 44.6 Å². The number of ether oxygens (including phenoxy) is 2. The molecule has 180 valence electrons. The molecule has 35 heavy (non-hydrogen) atoms. The minimum atomic E-state index is -0.132. The average molecular weight is 490 g/mol. The molecule has 7 nitrogen and oxygen atoms in total. The normalized spacial score (nSPS) is 10.7. The van der Waals surface area contributed by atoms with E-state index in [0.717, 1.165) is 15.8 Å². The van der Waals surface area contributed by atoms with Crippen LogP contribution in [-0.2, 0) is 11.3 Å². The number of benzene rings is 3. The fourth-order valence-corrected chi connectivity index (χ4v) is 4.58. The highest BCUT2D eigenvalue weighted by molar-refractivity contribution is 8.00. The standard InChI is InChI=1S/C27H27N3O4S/c1-33-21-12-10-19(11-13-21)27(32)28-14-15-30-17-25(23-8-3-4-9-24(23)30)35-18-26(31)29-20-6-5-7-22(16-20)34-2/h3-13,16-17H,14-15,18H2,1-2H3,(H,28,32)(H,29,31). The van der Waals surface area contributed by atoms with E-state index in [1.807, 2.05) is 48.7 Å². The van der Waals surface area contributed by atoms with E-state index in [4.69, 9.17) is 9.47 Å². The van der Waals surface area contributed by atoms with E-state index >= 15 is 0 Å². The molecule has 0 spiro atoms. The third-order valence-electron chi connectivity index (χ3n) is 5.45. The van der Waals surface area contributed by atoms with Crippen LogP contribution in [0.4, 0.5) is 5.69 Å². The number of methoxy groups -OCH3 is 2. The fourth-order valence-electron chi connectivity index (χ4n) is 3.69. The van der Waals surface area contributed by atoms with Gasteiger partial charge in [-0.3, -0.25) is 9.59 Å². The summed E-state index contributed by atoms with van der Waals surface area (Å²) >= 11 is 1.48. The second-order valence-corrected chi connectivity index (χ2v) is 8.77. The SMILES string of the molecule is COc1ccc(C(=O)NCCn2cc(SCC(=O)Nc3cccc(OC)c3)c3ccccc32)cc1. The highest BCUT2D eigenvalue weighted by atomic mass is 32.2. The molecule has 0 aliphatic rings. The molecule has 4 rings (SSSR count). The number of aromatic nitrogens is 1. The maximum Gasteiger partial charge on any atom is 0.251 e. The molecule has 0 atom stereocenters. The number of nitrogens with one attached hydrogen (secondary N) is 2. The number of nitrogens with zero attached hydrogens (tertiary/aromatic N) is 1. The quantitative estimate of drug-likeness (QED) is 0.312. The minimum absolute atomic E-state index is 0.0909. The molecule has 0 radical (unpaired) electrons. The van der Waals surface area contributed by atoms with Crippen molar-refractivity contribution in [2.24, 2.45) is 0 Å². The first kappa shape index (κ1) is 24.2. The zero-order valence-corrected chi connectivity index (χ0v) is 20.4. The maximum atomic E-state index is 12.5. The van der Waals surface area contributed by atoms with Crippen LogP contribution >= 0.6 is 11.8 Å². The Labute approximate surface area is 208 Å². The highest BCUT2D eigenvalue weighted by Crippen LogP contribution is 2.30. The Kier molecular flexibility index (Phi) is 7.95. The number of hydrogen-bond donors (Lipinski definition) is 2. The molecule has 3 aromatic carbocycles. The predicted molar refractivity (Wildman–Crippen MR) is 140 cm³/mol. The number of hydrogen-bond acceptors (Lipinski definition) is 5. The van der Waals surface area contributed by atoms with Crippen LogP contribution in [0.25, 0.3) is 10.9 Å². The molecule has 4 aromatic rings. The van der Waals surface area contributed by atoms with E-state index in [0.29, 0.717) is 35.8 Å². The Bertz CT molecular complexity index is 1320. The molecule has 0 aliphatic heterocycles. The van der Waals surface area contributed by atoms with Gasteiger partial charge in [0.15, 0.2) is 0 Å². The maximum absolute atomic E-state index is 12.5. The number of carbonyl (C=O) groups excluding carboxylic acids is 2. The summed E-state index contributed by atoms with van der Waals surface area (Å²) < 4.78 is 12.4. The highest BCUT2D eigenvalue weighted by Gasteiger charge is 2.12. The summed E-state index contributed by atoms with van der Waals surface area (Å²) in [4.78, 5) is 26.0. The number of carbonyl (C=O) groups is 2.